The Hall–Kier alpha value is -5.72. The molecule has 2 aliphatic rings. The Bertz CT molecular complexity index is 2620. The van der Waals surface area contributed by atoms with Crippen molar-refractivity contribution in [2.75, 3.05) is 0 Å². The second kappa shape index (κ2) is 8.01. The minimum absolute atomic E-state index is 1.27. The molecule has 0 aromatic heterocycles. The summed E-state index contributed by atoms with van der Waals surface area (Å²) in [5.41, 5.74) is 10.5. The van der Waals surface area contributed by atoms with E-state index in [0.717, 1.165) is 0 Å². The molecule has 0 saturated carbocycles. The van der Waals surface area contributed by atoms with Crippen molar-refractivity contribution in [1.82, 2.24) is 0 Å². The molecular weight excluding hydrogens is 528 g/mol. The van der Waals surface area contributed by atoms with Gasteiger partial charge in [-0.25, -0.2) is 0 Å². The van der Waals surface area contributed by atoms with Crippen LogP contribution >= 0.6 is 0 Å². The zero-order chi connectivity index (χ0) is 28.5. The van der Waals surface area contributed by atoms with Crippen LogP contribution in [0.1, 0.15) is 33.4 Å². The number of fused-ring (bicyclic) bond motifs is 4. The fraction of sp³-hybridized carbons (Fsp3) is 0. The van der Waals surface area contributed by atoms with E-state index in [1.165, 1.54) is 109 Å². The summed E-state index contributed by atoms with van der Waals surface area (Å²) in [7, 11) is 0. The second-order valence-electron chi connectivity index (χ2n) is 12.4. The van der Waals surface area contributed by atoms with Gasteiger partial charge in [0.05, 0.1) is 0 Å². The van der Waals surface area contributed by atoms with Crippen molar-refractivity contribution in [1.29, 1.82) is 0 Å². The highest BCUT2D eigenvalue weighted by Gasteiger charge is 2.29. The van der Waals surface area contributed by atoms with Crippen LogP contribution in [-0.4, -0.2) is 0 Å². The molecule has 0 unspecified atom stereocenters. The molecule has 0 nitrogen and oxygen atoms in total. The van der Waals surface area contributed by atoms with E-state index in [0.29, 0.717) is 0 Å². The smallest absolute Gasteiger partial charge is 0.00134 e. The molecule has 0 aliphatic heterocycles. The Morgan fingerprint density at radius 3 is 1.23 bits per heavy atom. The fourth-order valence-electron chi connectivity index (χ4n) is 8.38. The predicted octanol–water partition coefficient (Wildman–Crippen LogP) is 11.8. The first-order chi connectivity index (χ1) is 21.8. The molecule has 0 radical (unpaired) electrons. The molecule has 2 aliphatic carbocycles. The van der Waals surface area contributed by atoms with Crippen molar-refractivity contribution in [3.63, 3.8) is 0 Å². The molecule has 0 heterocycles. The lowest BCUT2D eigenvalue weighted by Gasteiger charge is -2.17. The number of benzene rings is 9. The van der Waals surface area contributed by atoms with Gasteiger partial charge >= 0.3 is 0 Å². The van der Waals surface area contributed by atoms with E-state index in [2.05, 4.69) is 146 Å². The molecule has 0 heteroatoms. The fourth-order valence-corrected chi connectivity index (χ4v) is 8.38. The van der Waals surface area contributed by atoms with Gasteiger partial charge in [0.2, 0.25) is 0 Å². The highest BCUT2D eigenvalue weighted by Crippen LogP contribution is 2.53. The maximum absolute atomic E-state index is 2.40. The summed E-state index contributed by atoms with van der Waals surface area (Å²) in [6, 6.07) is 50.2. The lowest BCUT2D eigenvalue weighted by molar-refractivity contribution is 1.61. The molecule has 44 heavy (non-hydrogen) atoms. The second-order valence-corrected chi connectivity index (χ2v) is 12.4. The van der Waals surface area contributed by atoms with Crippen LogP contribution in [0.2, 0.25) is 0 Å². The van der Waals surface area contributed by atoms with Gasteiger partial charge in [-0.15, -0.1) is 0 Å². The van der Waals surface area contributed by atoms with Crippen molar-refractivity contribution in [3.8, 4) is 0 Å². The van der Waals surface area contributed by atoms with E-state index in [-0.39, 0.29) is 0 Å². The van der Waals surface area contributed by atoms with Gasteiger partial charge in [-0.1, -0.05) is 133 Å². The minimum Gasteiger partial charge on any atom is -0.0616 e. The SMILES string of the molecule is C1=Cc2ccc3c4ccc5c6c(ccc(c7ccc1c2c73)c64)C(c1ccc2ccccc2c1)=C5c1ccc2ccccc2c1. The molecule has 0 amide bonds. The standard InChI is InChI=1S/C44H24/c1-3-7-29-23-31(13-9-25(29)5-1)40-37-21-19-35-33-17-15-27-11-12-28-16-18-34(42(33)39(27)28)36-20-22-38(44(37)43(35)36)41(40)32-14-10-26-6-2-4-8-30(26)24-32/h1-24H. The third kappa shape index (κ3) is 2.79. The first kappa shape index (κ1) is 22.8. The summed E-state index contributed by atoms with van der Waals surface area (Å²) in [5.74, 6) is 0. The van der Waals surface area contributed by atoms with Gasteiger partial charge in [0.1, 0.15) is 0 Å². The Labute approximate surface area is 254 Å². The van der Waals surface area contributed by atoms with Gasteiger partial charge in [0.25, 0.3) is 0 Å². The van der Waals surface area contributed by atoms with Crippen LogP contribution in [0.5, 0.6) is 0 Å². The number of rotatable bonds is 2. The van der Waals surface area contributed by atoms with Crippen LogP contribution < -0.4 is 0 Å². The zero-order valence-corrected chi connectivity index (χ0v) is 23.9. The molecule has 11 rings (SSSR count). The third-order valence-corrected chi connectivity index (χ3v) is 10.3. The first-order valence-electron chi connectivity index (χ1n) is 15.4. The van der Waals surface area contributed by atoms with Crippen molar-refractivity contribution < 1.29 is 0 Å². The Kier molecular flexibility index (Phi) is 4.15. The summed E-state index contributed by atoms with van der Waals surface area (Å²) >= 11 is 0. The molecule has 0 saturated heterocycles. The lowest BCUT2D eigenvalue weighted by Crippen LogP contribution is -1.91. The van der Waals surface area contributed by atoms with Gasteiger partial charge < -0.3 is 0 Å². The summed E-state index contributed by atoms with van der Waals surface area (Å²) in [5, 5.41) is 16.0. The maximum atomic E-state index is 2.40. The summed E-state index contributed by atoms with van der Waals surface area (Å²) < 4.78 is 0. The molecule has 0 spiro atoms. The van der Waals surface area contributed by atoms with E-state index in [4.69, 9.17) is 0 Å². The van der Waals surface area contributed by atoms with Gasteiger partial charge in [-0.2, -0.15) is 0 Å². The van der Waals surface area contributed by atoms with Gasteiger partial charge in [-0.3, -0.25) is 0 Å². The summed E-state index contributed by atoms with van der Waals surface area (Å²) in [6.07, 6.45) is 4.53. The molecule has 9 aromatic carbocycles. The van der Waals surface area contributed by atoms with E-state index in [1.54, 1.807) is 0 Å². The Morgan fingerprint density at radius 2 is 0.727 bits per heavy atom. The normalized spacial score (nSPS) is 13.7. The van der Waals surface area contributed by atoms with Crippen LogP contribution in [0, 0.1) is 0 Å². The molecule has 0 fully saturated rings. The minimum atomic E-state index is 1.27. The average Bonchev–Trinajstić information content (AvgIpc) is 3.66. The van der Waals surface area contributed by atoms with Crippen molar-refractivity contribution in [2.45, 2.75) is 0 Å². The van der Waals surface area contributed by atoms with Crippen LogP contribution in [0.25, 0.3) is 87.9 Å². The van der Waals surface area contributed by atoms with Crippen molar-refractivity contribution >= 4 is 87.9 Å². The summed E-state index contributed by atoms with van der Waals surface area (Å²) in [6.45, 7) is 0. The van der Waals surface area contributed by atoms with E-state index in [9.17, 15) is 0 Å². The van der Waals surface area contributed by atoms with Gasteiger partial charge in [0.15, 0.2) is 0 Å². The van der Waals surface area contributed by atoms with Gasteiger partial charge in [0, 0.05) is 0 Å². The maximum Gasteiger partial charge on any atom is -0.00134 e. The van der Waals surface area contributed by atoms with Crippen molar-refractivity contribution in [2.24, 2.45) is 0 Å². The highest BCUT2D eigenvalue weighted by molar-refractivity contribution is 6.38. The summed E-state index contributed by atoms with van der Waals surface area (Å²) in [4.78, 5) is 0. The predicted molar refractivity (Wildman–Crippen MR) is 189 cm³/mol. The quantitative estimate of drug-likeness (QED) is 0.148. The molecule has 0 N–H and O–H groups in total. The zero-order valence-electron chi connectivity index (χ0n) is 23.9. The topological polar surface area (TPSA) is 0 Å². The number of hydrogen-bond donors (Lipinski definition) is 0. The largest absolute Gasteiger partial charge is 0.0616 e. The monoisotopic (exact) mass is 552 g/mol. The average molecular weight is 553 g/mol. The molecule has 0 atom stereocenters. The van der Waals surface area contributed by atoms with Crippen LogP contribution in [0.4, 0.5) is 0 Å². The Morgan fingerprint density at radius 1 is 0.295 bits per heavy atom. The van der Waals surface area contributed by atoms with Crippen molar-refractivity contribution in [3.05, 3.63) is 167 Å². The highest BCUT2D eigenvalue weighted by atomic mass is 14.3. The molecule has 9 aromatic rings. The van der Waals surface area contributed by atoms with E-state index in [1.807, 2.05) is 0 Å². The van der Waals surface area contributed by atoms with Crippen LogP contribution in [0.15, 0.2) is 133 Å². The third-order valence-electron chi connectivity index (χ3n) is 10.3. The lowest BCUT2D eigenvalue weighted by atomic mass is 9.86. The van der Waals surface area contributed by atoms with E-state index < -0.39 is 0 Å². The molecular formula is C44H24. The number of hydrogen-bond acceptors (Lipinski definition) is 0. The van der Waals surface area contributed by atoms with Gasteiger partial charge in [-0.05, 0) is 121 Å². The van der Waals surface area contributed by atoms with Crippen LogP contribution in [0.3, 0.4) is 0 Å². The molecule has 0 bridgehead atoms. The van der Waals surface area contributed by atoms with E-state index >= 15 is 0 Å². The molecule has 200 valence electrons. The first-order valence-corrected chi connectivity index (χ1v) is 15.4. The Balaban J connectivity index is 1.29. The van der Waals surface area contributed by atoms with Crippen LogP contribution in [-0.2, 0) is 0 Å².